The zero-order valence-corrected chi connectivity index (χ0v) is 22.8. The van der Waals surface area contributed by atoms with E-state index in [4.69, 9.17) is 21.1 Å². The van der Waals surface area contributed by atoms with Gasteiger partial charge in [0.15, 0.2) is 0 Å². The number of ether oxygens (including phenoxy) is 2. The molecule has 3 aromatic rings. The number of amides is 1. The molecule has 208 valence electrons. The van der Waals surface area contributed by atoms with Crippen molar-refractivity contribution in [3.63, 3.8) is 0 Å². The third-order valence-electron chi connectivity index (χ3n) is 7.09. The topological polar surface area (TPSA) is 99.5 Å². The predicted octanol–water partition coefficient (Wildman–Crippen LogP) is 5.02. The van der Waals surface area contributed by atoms with E-state index in [1.54, 1.807) is 30.3 Å². The number of nitriles is 1. The van der Waals surface area contributed by atoms with Crippen LogP contribution >= 0.6 is 11.6 Å². The van der Waals surface area contributed by atoms with Gasteiger partial charge in [-0.15, -0.1) is 0 Å². The number of aromatic nitrogens is 1. The molecule has 1 aromatic heterocycles. The van der Waals surface area contributed by atoms with Crippen LogP contribution < -0.4 is 15.4 Å². The summed E-state index contributed by atoms with van der Waals surface area (Å²) in [4.78, 5) is 19.5. The first-order valence-electron chi connectivity index (χ1n) is 13.4. The van der Waals surface area contributed by atoms with Gasteiger partial charge in [0, 0.05) is 49.4 Å². The number of carbonyl (C=O) groups excluding carboxylic acids is 1. The molecule has 2 aliphatic heterocycles. The lowest BCUT2D eigenvalue weighted by Gasteiger charge is -2.31. The fraction of sp³-hybridized carbons (Fsp3) is 0.367. The molecule has 0 aliphatic carbocycles. The second-order valence-corrected chi connectivity index (χ2v) is 10.5. The lowest BCUT2D eigenvalue weighted by atomic mass is 10.1. The van der Waals surface area contributed by atoms with Crippen LogP contribution in [-0.4, -0.2) is 60.8 Å². The summed E-state index contributed by atoms with van der Waals surface area (Å²) in [5.41, 5.74) is 3.07. The lowest BCUT2D eigenvalue weighted by Crippen LogP contribution is -2.42. The highest BCUT2D eigenvalue weighted by Gasteiger charge is 2.23. The van der Waals surface area contributed by atoms with E-state index in [2.05, 4.69) is 26.6 Å². The number of hydrogen-bond acceptors (Lipinski definition) is 7. The number of halogens is 2. The van der Waals surface area contributed by atoms with Crippen LogP contribution in [-0.2, 0) is 16.0 Å². The van der Waals surface area contributed by atoms with Gasteiger partial charge in [0.05, 0.1) is 35.7 Å². The monoisotopic (exact) mass is 563 g/mol. The van der Waals surface area contributed by atoms with E-state index < -0.39 is 0 Å². The predicted molar refractivity (Wildman–Crippen MR) is 151 cm³/mol. The molecular formula is C30H31ClFN5O3. The molecular weight excluding hydrogens is 533 g/mol. The van der Waals surface area contributed by atoms with Crippen LogP contribution in [0.2, 0.25) is 5.02 Å². The van der Waals surface area contributed by atoms with Gasteiger partial charge < -0.3 is 20.1 Å². The minimum atomic E-state index is -0.356. The molecule has 1 amide bonds. The molecule has 40 heavy (non-hydrogen) atoms. The summed E-state index contributed by atoms with van der Waals surface area (Å²) in [5.74, 6) is 0.0134. The van der Waals surface area contributed by atoms with Crippen LogP contribution in [0.4, 0.5) is 15.8 Å². The van der Waals surface area contributed by atoms with Gasteiger partial charge in [-0.05, 0) is 61.2 Å². The molecule has 5 rings (SSSR count). The average molecular weight is 564 g/mol. The van der Waals surface area contributed by atoms with E-state index in [1.165, 1.54) is 6.07 Å². The second-order valence-electron chi connectivity index (χ2n) is 10.1. The van der Waals surface area contributed by atoms with Crippen molar-refractivity contribution in [2.24, 2.45) is 0 Å². The first-order valence-corrected chi connectivity index (χ1v) is 13.8. The Morgan fingerprint density at radius 3 is 2.70 bits per heavy atom. The Bertz CT molecular complexity index is 1390. The summed E-state index contributed by atoms with van der Waals surface area (Å²) in [6.45, 7) is 3.08. The summed E-state index contributed by atoms with van der Waals surface area (Å²) in [7, 11) is 0. The number of anilines is 2. The second kappa shape index (κ2) is 13.1. The molecule has 8 nitrogen and oxygen atoms in total. The molecule has 2 aromatic carbocycles. The zero-order valence-electron chi connectivity index (χ0n) is 22.0. The smallest absolute Gasteiger partial charge is 0.238 e. The van der Waals surface area contributed by atoms with Gasteiger partial charge in [-0.25, -0.2) is 9.37 Å². The van der Waals surface area contributed by atoms with Crippen molar-refractivity contribution in [2.75, 3.05) is 43.4 Å². The normalized spacial score (nSPS) is 17.5. The minimum Gasteiger partial charge on any atom is -0.474 e. The van der Waals surface area contributed by atoms with E-state index in [1.807, 2.05) is 18.2 Å². The number of carbonyl (C=O) groups is 1. The third-order valence-corrected chi connectivity index (χ3v) is 7.33. The molecule has 0 unspecified atom stereocenters. The van der Waals surface area contributed by atoms with E-state index in [9.17, 15) is 14.4 Å². The van der Waals surface area contributed by atoms with Crippen molar-refractivity contribution in [3.05, 3.63) is 82.3 Å². The molecule has 0 saturated carbocycles. The highest BCUT2D eigenvalue weighted by atomic mass is 35.5. The molecule has 10 heteroatoms. The molecule has 2 N–H and O–H groups in total. The van der Waals surface area contributed by atoms with Gasteiger partial charge in [0.25, 0.3) is 0 Å². The minimum absolute atomic E-state index is 0.0221. The molecule has 2 fully saturated rings. The summed E-state index contributed by atoms with van der Waals surface area (Å²) >= 11 is 5.85. The van der Waals surface area contributed by atoms with Crippen molar-refractivity contribution >= 4 is 28.9 Å². The van der Waals surface area contributed by atoms with Gasteiger partial charge in [0.2, 0.25) is 11.8 Å². The van der Waals surface area contributed by atoms with Crippen LogP contribution in [0, 0.1) is 17.1 Å². The van der Waals surface area contributed by atoms with E-state index >= 15 is 0 Å². The van der Waals surface area contributed by atoms with Gasteiger partial charge in [-0.2, -0.15) is 5.26 Å². The Morgan fingerprint density at radius 1 is 1.15 bits per heavy atom. The Morgan fingerprint density at radius 2 is 1.98 bits per heavy atom. The number of hydrogen-bond donors (Lipinski definition) is 2. The fourth-order valence-corrected chi connectivity index (χ4v) is 4.93. The highest BCUT2D eigenvalue weighted by molar-refractivity contribution is 6.30. The molecule has 0 bridgehead atoms. The van der Waals surface area contributed by atoms with Crippen molar-refractivity contribution in [1.29, 1.82) is 5.26 Å². The van der Waals surface area contributed by atoms with Gasteiger partial charge in [-0.3, -0.25) is 9.69 Å². The Hall–Kier alpha value is -3.71. The number of rotatable bonds is 10. The summed E-state index contributed by atoms with van der Waals surface area (Å²) < 4.78 is 25.8. The molecule has 3 heterocycles. The molecule has 0 radical (unpaired) electrons. The van der Waals surface area contributed by atoms with Crippen LogP contribution in [0.5, 0.6) is 5.88 Å². The summed E-state index contributed by atoms with van der Waals surface area (Å²) in [5, 5.41) is 15.9. The van der Waals surface area contributed by atoms with Gasteiger partial charge in [0.1, 0.15) is 11.9 Å². The van der Waals surface area contributed by atoms with Crippen molar-refractivity contribution in [1.82, 2.24) is 9.88 Å². The largest absolute Gasteiger partial charge is 0.474 e. The highest BCUT2D eigenvalue weighted by Crippen LogP contribution is 2.25. The van der Waals surface area contributed by atoms with Crippen LogP contribution in [0.3, 0.4) is 0 Å². The van der Waals surface area contributed by atoms with Gasteiger partial charge in [-0.1, -0.05) is 23.7 Å². The Kier molecular flexibility index (Phi) is 9.12. The number of nitrogens with zero attached hydrogens (tertiary/aromatic N) is 3. The average Bonchev–Trinajstić information content (AvgIpc) is 2.91. The first kappa shape index (κ1) is 27.8. The van der Waals surface area contributed by atoms with E-state index in [-0.39, 0.29) is 30.5 Å². The third kappa shape index (κ3) is 7.48. The fourth-order valence-electron chi connectivity index (χ4n) is 4.77. The number of pyridine rings is 1. The van der Waals surface area contributed by atoms with E-state index in [0.29, 0.717) is 59.5 Å². The number of benzene rings is 2. The maximum Gasteiger partial charge on any atom is 0.238 e. The Labute approximate surface area is 238 Å². The maximum atomic E-state index is 14.2. The molecule has 2 aliphatic rings. The summed E-state index contributed by atoms with van der Waals surface area (Å²) in [6.07, 6.45) is 3.01. The van der Waals surface area contributed by atoms with Crippen molar-refractivity contribution in [3.8, 4) is 11.9 Å². The van der Waals surface area contributed by atoms with Crippen LogP contribution in [0.25, 0.3) is 0 Å². The maximum absolute atomic E-state index is 14.2. The molecule has 0 spiro atoms. The van der Waals surface area contributed by atoms with E-state index in [0.717, 1.165) is 31.6 Å². The Balaban J connectivity index is 1.10. The molecule has 1 atom stereocenters. The van der Waals surface area contributed by atoms with Crippen LogP contribution in [0.15, 0.2) is 54.6 Å². The first-order chi connectivity index (χ1) is 19.4. The molecule has 2 saturated heterocycles. The van der Waals surface area contributed by atoms with Gasteiger partial charge >= 0.3 is 0 Å². The quantitative estimate of drug-likeness (QED) is 0.357. The summed E-state index contributed by atoms with van der Waals surface area (Å²) in [6, 6.07) is 17.5. The number of likely N-dealkylation sites (tertiary alicyclic amines) is 1. The lowest BCUT2D eigenvalue weighted by molar-refractivity contribution is -0.117. The number of nitrogens with one attached hydrogen (secondary N) is 2. The van der Waals surface area contributed by atoms with Crippen LogP contribution in [0.1, 0.15) is 36.1 Å². The van der Waals surface area contributed by atoms with Crippen molar-refractivity contribution in [2.45, 2.75) is 37.9 Å². The SMILES string of the molecule is N#Cc1ccc(NC[C@@H]2CCO2)c(NC(=O)CN2CCC(Oc3cccc(Cc4ccc(Cl)cc4F)n3)CC2)c1. The van der Waals surface area contributed by atoms with Crippen molar-refractivity contribution < 1.29 is 18.7 Å². The number of piperidine rings is 1. The standard InChI is InChI=1S/C30H31ClFN5O3/c31-22-6-5-21(26(32)16-22)15-23-2-1-3-30(35-23)40-24-8-11-37(12-9-24)19-29(38)36-28-14-20(17-33)4-7-27(28)34-18-25-10-13-39-25/h1-7,14,16,24-25,34H,8-13,15,18-19H2,(H,36,38)/t25-/m0/s1. The zero-order chi connectivity index (χ0) is 27.9.